The van der Waals surface area contributed by atoms with E-state index in [0.29, 0.717) is 12.1 Å². The molecule has 5 nitrogen and oxygen atoms in total. The van der Waals surface area contributed by atoms with Crippen LogP contribution >= 0.6 is 11.3 Å². The minimum Gasteiger partial charge on any atom is -0.352 e. The number of carbonyl (C=O) groups excluding carboxylic acids is 1. The van der Waals surface area contributed by atoms with E-state index < -0.39 is 0 Å². The minimum absolute atomic E-state index is 0.154. The van der Waals surface area contributed by atoms with Crippen molar-refractivity contribution in [3.63, 3.8) is 0 Å². The number of aromatic nitrogens is 3. The van der Waals surface area contributed by atoms with Gasteiger partial charge in [-0.05, 0) is 6.92 Å². The lowest BCUT2D eigenvalue weighted by molar-refractivity contribution is 0.0953. The number of hydrogen-bond acceptors (Lipinski definition) is 5. The summed E-state index contributed by atoms with van der Waals surface area (Å²) in [5, 5.41) is 5.84. The summed E-state index contributed by atoms with van der Waals surface area (Å²) < 4.78 is 0. The molecule has 0 aliphatic carbocycles. The molecule has 0 aliphatic rings. The van der Waals surface area contributed by atoms with E-state index in [1.807, 2.05) is 12.3 Å². The molecule has 2 rings (SSSR count). The van der Waals surface area contributed by atoms with Gasteiger partial charge in [0.2, 0.25) is 0 Å². The van der Waals surface area contributed by atoms with Crippen molar-refractivity contribution < 1.29 is 4.79 Å². The molecule has 2 heterocycles. The second-order valence-corrected chi connectivity index (χ2v) is 4.46. The summed E-state index contributed by atoms with van der Waals surface area (Å²) in [7, 11) is 0. The van der Waals surface area contributed by atoms with Crippen molar-refractivity contribution in [2.75, 3.05) is 6.54 Å². The molecule has 0 radical (unpaired) electrons. The van der Waals surface area contributed by atoms with Crippen molar-refractivity contribution in [3.05, 3.63) is 40.4 Å². The van der Waals surface area contributed by atoms with E-state index in [0.717, 1.165) is 17.1 Å². The number of amides is 1. The fourth-order valence-corrected chi connectivity index (χ4v) is 2.09. The predicted molar refractivity (Wildman–Crippen MR) is 64.9 cm³/mol. The molecule has 0 fully saturated rings. The van der Waals surface area contributed by atoms with Crippen LogP contribution in [0.2, 0.25) is 0 Å². The van der Waals surface area contributed by atoms with E-state index in [4.69, 9.17) is 0 Å². The van der Waals surface area contributed by atoms with Crippen LogP contribution in [0.15, 0.2) is 24.1 Å². The third kappa shape index (κ3) is 3.32. The van der Waals surface area contributed by atoms with Crippen LogP contribution in [0.25, 0.3) is 0 Å². The van der Waals surface area contributed by atoms with Gasteiger partial charge in [-0.2, -0.15) is 0 Å². The van der Waals surface area contributed by atoms with Crippen molar-refractivity contribution in [1.82, 2.24) is 20.3 Å². The fraction of sp³-hybridized carbons (Fsp3) is 0.273. The minimum atomic E-state index is -0.154. The Kier molecular flexibility index (Phi) is 3.77. The zero-order valence-electron chi connectivity index (χ0n) is 9.38. The van der Waals surface area contributed by atoms with Crippen LogP contribution in [0.4, 0.5) is 0 Å². The van der Waals surface area contributed by atoms with Crippen molar-refractivity contribution in [3.8, 4) is 0 Å². The molecular formula is C11H12N4OS. The van der Waals surface area contributed by atoms with Gasteiger partial charge in [-0.15, -0.1) is 11.3 Å². The molecule has 17 heavy (non-hydrogen) atoms. The average Bonchev–Trinajstić information content (AvgIpc) is 2.76. The highest BCUT2D eigenvalue weighted by atomic mass is 32.1. The zero-order chi connectivity index (χ0) is 12.1. The highest BCUT2D eigenvalue weighted by molar-refractivity contribution is 7.09. The number of carbonyl (C=O) groups is 1. The molecule has 6 heteroatoms. The van der Waals surface area contributed by atoms with Crippen LogP contribution in [0.1, 0.15) is 21.1 Å². The van der Waals surface area contributed by atoms with Crippen molar-refractivity contribution >= 4 is 17.2 Å². The lowest BCUT2D eigenvalue weighted by Crippen LogP contribution is -2.25. The van der Waals surface area contributed by atoms with E-state index in [-0.39, 0.29) is 5.91 Å². The molecule has 88 valence electrons. The van der Waals surface area contributed by atoms with Crippen LogP contribution in [0, 0.1) is 6.92 Å². The number of nitrogens with zero attached hydrogens (tertiary/aromatic N) is 3. The van der Waals surface area contributed by atoms with Gasteiger partial charge in [0.15, 0.2) is 0 Å². The quantitative estimate of drug-likeness (QED) is 0.883. The van der Waals surface area contributed by atoms with Gasteiger partial charge in [-0.1, -0.05) is 0 Å². The Morgan fingerprint density at radius 2 is 2.18 bits per heavy atom. The largest absolute Gasteiger partial charge is 0.352 e. The third-order valence-corrected chi connectivity index (χ3v) is 3.14. The molecule has 0 unspecified atom stereocenters. The van der Waals surface area contributed by atoms with E-state index in [1.54, 1.807) is 11.3 Å². The van der Waals surface area contributed by atoms with Crippen molar-refractivity contribution in [2.24, 2.45) is 0 Å². The number of hydrogen-bond donors (Lipinski definition) is 1. The van der Waals surface area contributed by atoms with Crippen LogP contribution in [-0.4, -0.2) is 27.4 Å². The Balaban J connectivity index is 1.81. The van der Waals surface area contributed by atoms with Crippen LogP contribution in [0.5, 0.6) is 0 Å². The molecule has 1 amide bonds. The first-order valence-corrected chi connectivity index (χ1v) is 6.08. The van der Waals surface area contributed by atoms with Gasteiger partial charge in [0.05, 0.1) is 10.6 Å². The molecule has 0 saturated heterocycles. The monoisotopic (exact) mass is 248 g/mol. The molecular weight excluding hydrogens is 236 g/mol. The lowest BCUT2D eigenvalue weighted by Gasteiger charge is -2.02. The number of aryl methyl sites for hydroxylation is 1. The molecule has 0 spiro atoms. The van der Waals surface area contributed by atoms with E-state index in [9.17, 15) is 4.79 Å². The molecule has 0 bridgehead atoms. The van der Waals surface area contributed by atoms with Crippen LogP contribution < -0.4 is 5.32 Å². The maximum absolute atomic E-state index is 11.6. The Labute approximate surface area is 103 Å². The van der Waals surface area contributed by atoms with Gasteiger partial charge in [0, 0.05) is 36.4 Å². The van der Waals surface area contributed by atoms with Crippen LogP contribution in [0.3, 0.4) is 0 Å². The van der Waals surface area contributed by atoms with E-state index in [1.165, 1.54) is 18.7 Å². The van der Waals surface area contributed by atoms with Gasteiger partial charge < -0.3 is 5.32 Å². The average molecular weight is 248 g/mol. The second-order valence-electron chi connectivity index (χ2n) is 3.52. The maximum atomic E-state index is 11.6. The standard InChI is InChI=1S/C11H12N4OS/c1-8-6-17-10(15-8)2-3-14-11(16)9-4-12-7-13-5-9/h4-7H,2-3H2,1H3,(H,14,16). The Bertz CT molecular complexity index is 497. The molecule has 2 aromatic heterocycles. The molecule has 0 saturated carbocycles. The Hall–Kier alpha value is -1.82. The van der Waals surface area contributed by atoms with Gasteiger partial charge in [0.25, 0.3) is 5.91 Å². The van der Waals surface area contributed by atoms with E-state index >= 15 is 0 Å². The molecule has 2 aromatic rings. The lowest BCUT2D eigenvalue weighted by atomic mass is 10.3. The summed E-state index contributed by atoms with van der Waals surface area (Å²) >= 11 is 1.61. The van der Waals surface area contributed by atoms with Gasteiger partial charge >= 0.3 is 0 Å². The summed E-state index contributed by atoms with van der Waals surface area (Å²) in [6.07, 6.45) is 5.14. The van der Waals surface area contributed by atoms with Gasteiger partial charge in [-0.25, -0.2) is 15.0 Å². The smallest absolute Gasteiger partial charge is 0.254 e. The van der Waals surface area contributed by atoms with Crippen LogP contribution in [-0.2, 0) is 6.42 Å². The third-order valence-electron chi connectivity index (χ3n) is 2.11. The number of rotatable bonds is 4. The topological polar surface area (TPSA) is 67.8 Å². The molecule has 0 aromatic carbocycles. The Morgan fingerprint density at radius 3 is 2.82 bits per heavy atom. The maximum Gasteiger partial charge on any atom is 0.254 e. The van der Waals surface area contributed by atoms with Gasteiger partial charge in [-0.3, -0.25) is 4.79 Å². The summed E-state index contributed by atoms with van der Waals surface area (Å²) in [4.78, 5) is 23.5. The summed E-state index contributed by atoms with van der Waals surface area (Å²) in [5.74, 6) is -0.154. The fourth-order valence-electron chi connectivity index (χ4n) is 1.32. The predicted octanol–water partition coefficient (Wildman–Crippen LogP) is 1.21. The molecule has 0 atom stereocenters. The zero-order valence-corrected chi connectivity index (χ0v) is 10.2. The van der Waals surface area contributed by atoms with E-state index in [2.05, 4.69) is 20.3 Å². The summed E-state index contributed by atoms with van der Waals surface area (Å²) in [6, 6.07) is 0. The van der Waals surface area contributed by atoms with Crippen molar-refractivity contribution in [2.45, 2.75) is 13.3 Å². The first-order valence-electron chi connectivity index (χ1n) is 5.20. The van der Waals surface area contributed by atoms with Crippen molar-refractivity contribution in [1.29, 1.82) is 0 Å². The first kappa shape index (κ1) is 11.7. The molecule has 0 aliphatic heterocycles. The number of thiazole rings is 1. The number of nitrogens with one attached hydrogen (secondary N) is 1. The molecule has 1 N–H and O–H groups in total. The normalized spacial score (nSPS) is 10.2. The highest BCUT2D eigenvalue weighted by Crippen LogP contribution is 2.08. The Morgan fingerprint density at radius 1 is 1.41 bits per heavy atom. The summed E-state index contributed by atoms with van der Waals surface area (Å²) in [5.41, 5.74) is 1.50. The first-order chi connectivity index (χ1) is 8.25. The SMILES string of the molecule is Cc1csc(CCNC(=O)c2cncnc2)n1. The highest BCUT2D eigenvalue weighted by Gasteiger charge is 2.05. The second kappa shape index (κ2) is 5.49. The summed E-state index contributed by atoms with van der Waals surface area (Å²) in [6.45, 7) is 2.53. The van der Waals surface area contributed by atoms with Gasteiger partial charge in [0.1, 0.15) is 6.33 Å².